The largest absolute Gasteiger partial charge is 0.398 e. The van der Waals surface area contributed by atoms with Crippen molar-refractivity contribution in [2.75, 3.05) is 11.1 Å². The molecular formula is C14H12ClFN2O. The smallest absolute Gasteiger partial charge is 0.161 e. The van der Waals surface area contributed by atoms with Crippen LogP contribution in [0.25, 0.3) is 0 Å². The Balaban J connectivity index is 2.26. The van der Waals surface area contributed by atoms with E-state index in [2.05, 4.69) is 5.32 Å². The molecule has 2 aromatic rings. The second-order valence-corrected chi connectivity index (χ2v) is 4.52. The Labute approximate surface area is 115 Å². The quantitative estimate of drug-likeness (QED) is 0.659. The number of hydrogen-bond acceptors (Lipinski definition) is 3. The molecular weight excluding hydrogens is 267 g/mol. The second-order valence-electron chi connectivity index (χ2n) is 4.11. The van der Waals surface area contributed by atoms with Crippen molar-refractivity contribution in [1.82, 2.24) is 0 Å². The third-order valence-electron chi connectivity index (χ3n) is 2.64. The van der Waals surface area contributed by atoms with Gasteiger partial charge in [0.1, 0.15) is 5.82 Å². The third kappa shape index (κ3) is 3.03. The molecule has 2 rings (SSSR count). The van der Waals surface area contributed by atoms with E-state index >= 15 is 0 Å². The minimum Gasteiger partial charge on any atom is -0.398 e. The highest BCUT2D eigenvalue weighted by molar-refractivity contribution is 6.30. The molecule has 19 heavy (non-hydrogen) atoms. The van der Waals surface area contributed by atoms with Gasteiger partial charge in [0.15, 0.2) is 5.78 Å². The first kappa shape index (κ1) is 13.4. The zero-order valence-electron chi connectivity index (χ0n) is 10.2. The Kier molecular flexibility index (Phi) is 3.71. The average molecular weight is 279 g/mol. The molecule has 0 heterocycles. The zero-order valence-corrected chi connectivity index (χ0v) is 11.0. The number of nitrogens with two attached hydrogens (primary N) is 1. The number of Topliss-reactive ketones (excluding diaryl/α,β-unsaturated/α-hetero) is 1. The lowest BCUT2D eigenvalue weighted by Crippen LogP contribution is -2.00. The highest BCUT2D eigenvalue weighted by Crippen LogP contribution is 2.24. The van der Waals surface area contributed by atoms with E-state index in [0.717, 1.165) is 0 Å². The maximum absolute atomic E-state index is 13.3. The topological polar surface area (TPSA) is 55.1 Å². The summed E-state index contributed by atoms with van der Waals surface area (Å²) >= 11 is 5.60. The van der Waals surface area contributed by atoms with E-state index in [1.165, 1.54) is 19.1 Å². The Morgan fingerprint density at radius 1 is 1.21 bits per heavy atom. The number of benzene rings is 2. The van der Waals surface area contributed by atoms with Crippen LogP contribution in [0, 0.1) is 5.82 Å². The molecule has 2 aromatic carbocycles. The molecule has 0 unspecified atom stereocenters. The molecule has 0 aliphatic heterocycles. The van der Waals surface area contributed by atoms with E-state index in [1.54, 1.807) is 24.3 Å². The molecule has 3 nitrogen and oxygen atoms in total. The van der Waals surface area contributed by atoms with Gasteiger partial charge in [0.05, 0.1) is 5.02 Å². The second kappa shape index (κ2) is 5.28. The molecule has 0 aromatic heterocycles. The molecule has 3 N–H and O–H groups in total. The fourth-order valence-corrected chi connectivity index (χ4v) is 1.82. The van der Waals surface area contributed by atoms with Gasteiger partial charge in [-0.15, -0.1) is 0 Å². The van der Waals surface area contributed by atoms with Crippen LogP contribution in [0.4, 0.5) is 21.5 Å². The SMILES string of the molecule is CC(=O)c1ccc(Nc2ccc(Cl)c(F)c2)cc1N. The van der Waals surface area contributed by atoms with Gasteiger partial charge in [-0.2, -0.15) is 0 Å². The molecule has 0 atom stereocenters. The van der Waals surface area contributed by atoms with Crippen molar-refractivity contribution in [2.45, 2.75) is 6.92 Å². The Bertz CT molecular complexity index is 643. The van der Waals surface area contributed by atoms with Crippen molar-refractivity contribution in [1.29, 1.82) is 0 Å². The van der Waals surface area contributed by atoms with Gasteiger partial charge in [-0.3, -0.25) is 4.79 Å². The normalized spacial score (nSPS) is 10.3. The summed E-state index contributed by atoms with van der Waals surface area (Å²) in [5, 5.41) is 3.06. The maximum atomic E-state index is 13.3. The first-order chi connectivity index (χ1) is 8.97. The summed E-state index contributed by atoms with van der Waals surface area (Å²) in [7, 11) is 0. The third-order valence-corrected chi connectivity index (χ3v) is 2.95. The van der Waals surface area contributed by atoms with E-state index < -0.39 is 5.82 Å². The van der Waals surface area contributed by atoms with Crippen molar-refractivity contribution in [3.05, 3.63) is 52.8 Å². The minimum absolute atomic E-state index is 0.0667. The van der Waals surface area contributed by atoms with Crippen molar-refractivity contribution in [3.63, 3.8) is 0 Å². The lowest BCUT2D eigenvalue weighted by molar-refractivity contribution is 0.101. The number of anilines is 3. The van der Waals surface area contributed by atoms with E-state index in [-0.39, 0.29) is 10.8 Å². The van der Waals surface area contributed by atoms with Gasteiger partial charge in [0, 0.05) is 22.6 Å². The van der Waals surface area contributed by atoms with E-state index in [4.69, 9.17) is 17.3 Å². The van der Waals surface area contributed by atoms with Crippen molar-refractivity contribution < 1.29 is 9.18 Å². The van der Waals surface area contributed by atoms with Crippen LogP contribution in [-0.4, -0.2) is 5.78 Å². The van der Waals surface area contributed by atoms with Crippen LogP contribution in [0.1, 0.15) is 17.3 Å². The standard InChI is InChI=1S/C14H12ClFN2O/c1-8(19)11-4-2-10(7-14(11)17)18-9-3-5-12(15)13(16)6-9/h2-7,18H,17H2,1H3. The Hall–Kier alpha value is -2.07. The van der Waals surface area contributed by atoms with Crippen LogP contribution < -0.4 is 11.1 Å². The van der Waals surface area contributed by atoms with Gasteiger partial charge < -0.3 is 11.1 Å². The number of carbonyl (C=O) groups is 1. The molecule has 5 heteroatoms. The van der Waals surface area contributed by atoms with Crippen molar-refractivity contribution in [2.24, 2.45) is 0 Å². The number of nitrogens with one attached hydrogen (secondary N) is 1. The monoisotopic (exact) mass is 278 g/mol. The fourth-order valence-electron chi connectivity index (χ4n) is 1.70. The van der Waals surface area contributed by atoms with E-state index in [1.807, 2.05) is 0 Å². The Morgan fingerprint density at radius 3 is 2.42 bits per heavy atom. The maximum Gasteiger partial charge on any atom is 0.161 e. The average Bonchev–Trinajstić information content (AvgIpc) is 2.33. The zero-order chi connectivity index (χ0) is 14.0. The highest BCUT2D eigenvalue weighted by Gasteiger charge is 2.06. The number of rotatable bonds is 3. The lowest BCUT2D eigenvalue weighted by Gasteiger charge is -2.09. The molecule has 0 saturated carbocycles. The molecule has 0 aliphatic rings. The summed E-state index contributed by atoms with van der Waals surface area (Å²) in [6.45, 7) is 1.45. The number of nitrogen functional groups attached to an aromatic ring is 1. The summed E-state index contributed by atoms with van der Waals surface area (Å²) in [6.07, 6.45) is 0. The first-order valence-corrected chi connectivity index (χ1v) is 5.97. The molecule has 0 saturated heterocycles. The number of halogens is 2. The van der Waals surface area contributed by atoms with Crippen LogP contribution in [0.5, 0.6) is 0 Å². The van der Waals surface area contributed by atoms with Gasteiger partial charge in [-0.25, -0.2) is 4.39 Å². The first-order valence-electron chi connectivity index (χ1n) is 5.60. The Morgan fingerprint density at radius 2 is 1.84 bits per heavy atom. The van der Waals surface area contributed by atoms with Crippen LogP contribution in [0.3, 0.4) is 0 Å². The molecule has 0 aliphatic carbocycles. The van der Waals surface area contributed by atoms with Gasteiger partial charge in [0.2, 0.25) is 0 Å². The molecule has 0 radical (unpaired) electrons. The number of ketones is 1. The summed E-state index contributed by atoms with van der Waals surface area (Å²) in [5.74, 6) is -0.596. The predicted molar refractivity (Wildman–Crippen MR) is 75.6 cm³/mol. The minimum atomic E-state index is -0.500. The lowest BCUT2D eigenvalue weighted by atomic mass is 10.1. The predicted octanol–water partition coefficient (Wildman–Crippen LogP) is 4.01. The van der Waals surface area contributed by atoms with Crippen LogP contribution in [-0.2, 0) is 0 Å². The molecule has 98 valence electrons. The number of hydrogen-bond donors (Lipinski definition) is 2. The van der Waals surface area contributed by atoms with Gasteiger partial charge in [0.25, 0.3) is 0 Å². The van der Waals surface area contributed by atoms with Crippen molar-refractivity contribution in [3.8, 4) is 0 Å². The summed E-state index contributed by atoms with van der Waals surface area (Å²) in [4.78, 5) is 11.3. The van der Waals surface area contributed by atoms with Crippen molar-refractivity contribution >= 4 is 34.4 Å². The molecule has 0 amide bonds. The summed E-state index contributed by atoms with van der Waals surface area (Å²) in [5.41, 5.74) is 7.84. The number of carbonyl (C=O) groups excluding carboxylic acids is 1. The fraction of sp³-hybridized carbons (Fsp3) is 0.0714. The summed E-state index contributed by atoms with van der Waals surface area (Å²) in [6, 6.07) is 9.37. The van der Waals surface area contributed by atoms with Crippen LogP contribution >= 0.6 is 11.6 Å². The van der Waals surface area contributed by atoms with Gasteiger partial charge in [-0.05, 0) is 43.3 Å². The molecule has 0 spiro atoms. The van der Waals surface area contributed by atoms with Crippen LogP contribution in [0.15, 0.2) is 36.4 Å². The molecule has 0 fully saturated rings. The van der Waals surface area contributed by atoms with E-state index in [9.17, 15) is 9.18 Å². The molecule has 0 bridgehead atoms. The van der Waals surface area contributed by atoms with Gasteiger partial charge >= 0.3 is 0 Å². The van der Waals surface area contributed by atoms with Gasteiger partial charge in [-0.1, -0.05) is 11.6 Å². The summed E-state index contributed by atoms with van der Waals surface area (Å²) < 4.78 is 13.3. The van der Waals surface area contributed by atoms with E-state index in [0.29, 0.717) is 22.6 Å². The van der Waals surface area contributed by atoms with Crippen LogP contribution in [0.2, 0.25) is 5.02 Å². The highest BCUT2D eigenvalue weighted by atomic mass is 35.5.